The van der Waals surface area contributed by atoms with Gasteiger partial charge in [0, 0.05) is 0 Å². The summed E-state index contributed by atoms with van der Waals surface area (Å²) < 4.78 is 5.80. The molecule has 2 nitrogen and oxygen atoms in total. The number of benzene rings is 1. The lowest BCUT2D eigenvalue weighted by atomic mass is 9.87. The van der Waals surface area contributed by atoms with E-state index in [-0.39, 0.29) is 6.10 Å². The minimum Gasteiger partial charge on any atom is -0.494 e. The van der Waals surface area contributed by atoms with Crippen LogP contribution in [0.2, 0.25) is 0 Å². The van der Waals surface area contributed by atoms with Crippen LogP contribution in [0.4, 0.5) is 0 Å². The maximum atomic E-state index is 9.73. The van der Waals surface area contributed by atoms with Crippen molar-refractivity contribution in [2.45, 2.75) is 58.0 Å². The maximum absolute atomic E-state index is 9.73. The molecule has 0 bridgehead atoms. The molecule has 1 atom stereocenters. The van der Waals surface area contributed by atoms with Crippen LogP contribution in [0.1, 0.15) is 63.5 Å². The topological polar surface area (TPSA) is 29.5 Å². The van der Waals surface area contributed by atoms with Gasteiger partial charge < -0.3 is 9.84 Å². The molecule has 19 heavy (non-hydrogen) atoms. The second-order valence-corrected chi connectivity index (χ2v) is 5.63. The molecule has 1 aromatic rings. The molecule has 1 saturated carbocycles. The highest BCUT2D eigenvalue weighted by molar-refractivity contribution is 5.28. The van der Waals surface area contributed by atoms with E-state index < -0.39 is 0 Å². The Bertz CT molecular complexity index is 352. The van der Waals surface area contributed by atoms with Gasteiger partial charge >= 0.3 is 0 Å². The highest BCUT2D eigenvalue weighted by Gasteiger charge is 2.13. The lowest BCUT2D eigenvalue weighted by molar-refractivity contribution is 0.173. The van der Waals surface area contributed by atoms with E-state index in [2.05, 4.69) is 0 Å². The van der Waals surface area contributed by atoms with Crippen molar-refractivity contribution < 1.29 is 9.84 Å². The fraction of sp³-hybridized carbons (Fsp3) is 0.647. The molecular weight excluding hydrogens is 236 g/mol. The van der Waals surface area contributed by atoms with Crippen LogP contribution in [0.15, 0.2) is 24.3 Å². The van der Waals surface area contributed by atoms with Gasteiger partial charge in [-0.25, -0.2) is 0 Å². The molecule has 106 valence electrons. The summed E-state index contributed by atoms with van der Waals surface area (Å²) in [5.41, 5.74) is 0.974. The van der Waals surface area contributed by atoms with Gasteiger partial charge in [-0.2, -0.15) is 0 Å². The lowest BCUT2D eigenvalue weighted by Gasteiger charge is -2.21. The number of ether oxygens (including phenoxy) is 1. The monoisotopic (exact) mass is 262 g/mol. The predicted octanol–water partition coefficient (Wildman–Crippen LogP) is 4.48. The van der Waals surface area contributed by atoms with Crippen LogP contribution in [-0.2, 0) is 0 Å². The first-order valence-corrected chi connectivity index (χ1v) is 7.70. The highest BCUT2D eigenvalue weighted by Crippen LogP contribution is 2.26. The van der Waals surface area contributed by atoms with Crippen molar-refractivity contribution in [2.24, 2.45) is 5.92 Å². The van der Waals surface area contributed by atoms with Crippen LogP contribution in [0, 0.1) is 5.92 Å². The van der Waals surface area contributed by atoms with Crippen molar-refractivity contribution >= 4 is 0 Å². The van der Waals surface area contributed by atoms with E-state index in [1.54, 1.807) is 0 Å². The Hall–Kier alpha value is -1.02. The van der Waals surface area contributed by atoms with E-state index in [0.29, 0.717) is 0 Å². The molecule has 0 radical (unpaired) electrons. The zero-order valence-electron chi connectivity index (χ0n) is 12.0. The summed E-state index contributed by atoms with van der Waals surface area (Å²) in [6.45, 7) is 2.81. The van der Waals surface area contributed by atoms with Gasteiger partial charge in [0.05, 0.1) is 12.7 Å². The third kappa shape index (κ3) is 4.54. The largest absolute Gasteiger partial charge is 0.494 e. The van der Waals surface area contributed by atoms with Crippen LogP contribution in [0.25, 0.3) is 0 Å². The minimum absolute atomic E-state index is 0.351. The number of hydrogen-bond donors (Lipinski definition) is 1. The van der Waals surface area contributed by atoms with Crippen LogP contribution in [0.3, 0.4) is 0 Å². The average molecular weight is 262 g/mol. The quantitative estimate of drug-likeness (QED) is 0.819. The van der Waals surface area contributed by atoms with Crippen LogP contribution in [0.5, 0.6) is 5.75 Å². The van der Waals surface area contributed by atoms with Crippen molar-refractivity contribution in [1.29, 1.82) is 0 Å². The number of aliphatic hydroxyl groups is 1. The van der Waals surface area contributed by atoms with Gasteiger partial charge in [0.25, 0.3) is 0 Å². The van der Waals surface area contributed by atoms with Crippen LogP contribution < -0.4 is 4.74 Å². The molecule has 0 spiro atoms. The summed E-state index contributed by atoms with van der Waals surface area (Å²) in [7, 11) is 0. The van der Waals surface area contributed by atoms with Crippen molar-refractivity contribution in [1.82, 2.24) is 0 Å². The lowest BCUT2D eigenvalue weighted by Crippen LogP contribution is -2.10. The third-order valence-electron chi connectivity index (χ3n) is 4.17. The smallest absolute Gasteiger partial charge is 0.119 e. The van der Waals surface area contributed by atoms with Crippen molar-refractivity contribution in [3.8, 4) is 5.75 Å². The molecule has 0 amide bonds. The molecule has 1 fully saturated rings. The average Bonchev–Trinajstić information content (AvgIpc) is 2.48. The standard InChI is InChI=1S/C17H26O2/c1-2-17(18)15-8-10-16(11-9-15)19-13-12-14-6-4-3-5-7-14/h8-11,14,17-18H,2-7,12-13H2,1H3. The summed E-state index contributed by atoms with van der Waals surface area (Å²) >= 11 is 0. The fourth-order valence-electron chi connectivity index (χ4n) is 2.84. The maximum Gasteiger partial charge on any atom is 0.119 e. The summed E-state index contributed by atoms with van der Waals surface area (Å²) in [5.74, 6) is 1.79. The molecule has 2 heteroatoms. The van der Waals surface area contributed by atoms with Crippen molar-refractivity contribution in [3.63, 3.8) is 0 Å². The molecule has 1 N–H and O–H groups in total. The van der Waals surface area contributed by atoms with Gasteiger partial charge in [-0.3, -0.25) is 0 Å². The summed E-state index contributed by atoms with van der Waals surface area (Å²) in [4.78, 5) is 0. The fourth-order valence-corrected chi connectivity index (χ4v) is 2.84. The number of rotatable bonds is 6. The van der Waals surface area contributed by atoms with Gasteiger partial charge in [-0.15, -0.1) is 0 Å². The van der Waals surface area contributed by atoms with Gasteiger partial charge in [-0.1, -0.05) is 51.2 Å². The van der Waals surface area contributed by atoms with E-state index in [1.165, 1.54) is 38.5 Å². The Morgan fingerprint density at radius 2 is 1.84 bits per heavy atom. The Morgan fingerprint density at radius 1 is 1.16 bits per heavy atom. The molecule has 1 aliphatic rings. The van der Waals surface area contributed by atoms with E-state index in [9.17, 15) is 5.11 Å². The van der Waals surface area contributed by atoms with Gasteiger partial charge in [0.2, 0.25) is 0 Å². The first-order chi connectivity index (χ1) is 9.29. The molecule has 0 aromatic heterocycles. The van der Waals surface area contributed by atoms with E-state index in [1.807, 2.05) is 31.2 Å². The van der Waals surface area contributed by atoms with Crippen LogP contribution >= 0.6 is 0 Å². The van der Waals surface area contributed by atoms with Gasteiger partial charge in [0.1, 0.15) is 5.75 Å². The Morgan fingerprint density at radius 3 is 2.47 bits per heavy atom. The summed E-state index contributed by atoms with van der Waals surface area (Å²) in [6, 6.07) is 7.86. The third-order valence-corrected chi connectivity index (χ3v) is 4.17. The first kappa shape index (κ1) is 14.4. The second-order valence-electron chi connectivity index (χ2n) is 5.63. The second kappa shape index (κ2) is 7.54. The Kier molecular flexibility index (Phi) is 5.71. The molecule has 1 aliphatic carbocycles. The normalized spacial score (nSPS) is 18.2. The highest BCUT2D eigenvalue weighted by atomic mass is 16.5. The van der Waals surface area contributed by atoms with Gasteiger partial charge in [-0.05, 0) is 36.5 Å². The molecule has 0 saturated heterocycles. The predicted molar refractivity (Wildman–Crippen MR) is 78.4 cm³/mol. The van der Waals surface area contributed by atoms with E-state index in [4.69, 9.17) is 4.74 Å². The SMILES string of the molecule is CCC(O)c1ccc(OCCC2CCCCC2)cc1. The Balaban J connectivity index is 1.73. The molecule has 1 unspecified atom stereocenters. The van der Waals surface area contributed by atoms with Gasteiger partial charge in [0.15, 0.2) is 0 Å². The molecular formula is C17H26O2. The van der Waals surface area contributed by atoms with Crippen LogP contribution in [-0.4, -0.2) is 11.7 Å². The molecule has 1 aromatic carbocycles. The van der Waals surface area contributed by atoms with Crippen molar-refractivity contribution in [2.75, 3.05) is 6.61 Å². The first-order valence-electron chi connectivity index (χ1n) is 7.70. The molecule has 0 heterocycles. The number of hydrogen-bond acceptors (Lipinski definition) is 2. The van der Waals surface area contributed by atoms with E-state index in [0.717, 1.165) is 30.3 Å². The Labute approximate surface area is 116 Å². The minimum atomic E-state index is -0.351. The summed E-state index contributed by atoms with van der Waals surface area (Å²) in [6.07, 6.45) is 8.55. The number of aliphatic hydroxyl groups excluding tert-OH is 1. The zero-order chi connectivity index (χ0) is 13.5. The van der Waals surface area contributed by atoms with E-state index >= 15 is 0 Å². The molecule has 0 aliphatic heterocycles. The molecule has 2 rings (SSSR count). The zero-order valence-corrected chi connectivity index (χ0v) is 12.0. The van der Waals surface area contributed by atoms with Crippen molar-refractivity contribution in [3.05, 3.63) is 29.8 Å². The summed E-state index contributed by atoms with van der Waals surface area (Å²) in [5, 5.41) is 9.73.